The van der Waals surface area contributed by atoms with E-state index in [2.05, 4.69) is 16.0 Å². The first-order valence-corrected chi connectivity index (χ1v) is 4.36. The summed E-state index contributed by atoms with van der Waals surface area (Å²) >= 11 is 2.28. The van der Waals surface area contributed by atoms with E-state index in [1.54, 1.807) is 0 Å². The van der Waals surface area contributed by atoms with Crippen molar-refractivity contribution in [2.45, 2.75) is 5.32 Å². The fourth-order valence-corrected chi connectivity index (χ4v) is 1.10. The van der Waals surface area contributed by atoms with Crippen LogP contribution < -0.4 is 0 Å². The van der Waals surface area contributed by atoms with Crippen LogP contribution in [-0.2, 0) is 0 Å². The fraction of sp³-hybridized carbons (Fsp3) is 0.125. The van der Waals surface area contributed by atoms with Gasteiger partial charge in [-0.05, 0) is 0 Å². The predicted molar refractivity (Wildman–Crippen MR) is 42.7 cm³/mol. The van der Waals surface area contributed by atoms with Gasteiger partial charge in [-0.25, -0.2) is 0 Å². The number of ketones is 1. The molecule has 0 saturated carbocycles. The number of hydrogen-bond acceptors (Lipinski definition) is 1. The standard InChI is InChI=1S/C8H8OSe/c9-8(6-10)7-4-2-1-3-5-7/h1-5,10H,6H2. The van der Waals surface area contributed by atoms with Crippen LogP contribution in [0.25, 0.3) is 0 Å². The molecule has 0 amide bonds. The maximum absolute atomic E-state index is 11.0. The SMILES string of the molecule is O=C(C[SeH])c1ccccc1. The minimum atomic E-state index is 0.181. The summed E-state index contributed by atoms with van der Waals surface area (Å²) in [7, 11) is 0. The second-order valence-corrected chi connectivity index (χ2v) is 2.61. The van der Waals surface area contributed by atoms with E-state index < -0.39 is 0 Å². The van der Waals surface area contributed by atoms with Crippen molar-refractivity contribution in [1.82, 2.24) is 0 Å². The Hall–Kier alpha value is -0.591. The molecule has 2 heteroatoms. The van der Waals surface area contributed by atoms with Crippen molar-refractivity contribution < 1.29 is 4.79 Å². The summed E-state index contributed by atoms with van der Waals surface area (Å²) in [6.07, 6.45) is 0. The van der Waals surface area contributed by atoms with E-state index in [4.69, 9.17) is 0 Å². The normalized spacial score (nSPS) is 9.30. The number of carbonyl (C=O) groups is 1. The molecule has 0 aliphatic heterocycles. The van der Waals surface area contributed by atoms with Gasteiger partial charge in [0.2, 0.25) is 0 Å². The number of hydrogen-bond donors (Lipinski definition) is 0. The van der Waals surface area contributed by atoms with Gasteiger partial charge in [0.1, 0.15) is 0 Å². The van der Waals surface area contributed by atoms with Gasteiger partial charge >= 0.3 is 67.8 Å². The van der Waals surface area contributed by atoms with E-state index in [1.165, 1.54) is 0 Å². The van der Waals surface area contributed by atoms with Crippen LogP contribution in [0.2, 0.25) is 5.32 Å². The van der Waals surface area contributed by atoms with Crippen molar-refractivity contribution in [2.75, 3.05) is 0 Å². The first-order valence-electron chi connectivity index (χ1n) is 3.03. The summed E-state index contributed by atoms with van der Waals surface area (Å²) in [4.78, 5) is 11.0. The zero-order chi connectivity index (χ0) is 7.40. The zero-order valence-corrected chi connectivity index (χ0v) is 7.33. The third-order valence-corrected chi connectivity index (χ3v) is 1.84. The molecule has 1 rings (SSSR count). The molecule has 1 aromatic carbocycles. The Balaban J connectivity index is 2.85. The molecule has 1 nitrogen and oxygen atoms in total. The van der Waals surface area contributed by atoms with Gasteiger partial charge < -0.3 is 0 Å². The van der Waals surface area contributed by atoms with Crippen LogP contribution >= 0.6 is 0 Å². The molecule has 0 saturated heterocycles. The summed E-state index contributed by atoms with van der Waals surface area (Å²) in [5.41, 5.74) is 0.795. The molecule has 0 N–H and O–H groups in total. The Kier molecular flexibility index (Phi) is 2.67. The van der Waals surface area contributed by atoms with Crippen LogP contribution in [-0.4, -0.2) is 21.8 Å². The number of benzene rings is 1. The Morgan fingerprint density at radius 3 is 2.40 bits per heavy atom. The van der Waals surface area contributed by atoms with Crippen LogP contribution in [0.5, 0.6) is 0 Å². The van der Waals surface area contributed by atoms with E-state index >= 15 is 0 Å². The molecule has 10 heavy (non-hydrogen) atoms. The molecule has 0 atom stereocenters. The quantitative estimate of drug-likeness (QED) is 0.516. The van der Waals surface area contributed by atoms with Gasteiger partial charge in [-0.1, -0.05) is 0 Å². The predicted octanol–water partition coefficient (Wildman–Crippen LogP) is 1.19. The molecule has 0 aliphatic rings. The molecule has 0 aromatic heterocycles. The van der Waals surface area contributed by atoms with Gasteiger partial charge in [0, 0.05) is 0 Å². The van der Waals surface area contributed by atoms with E-state index in [0.29, 0.717) is 5.32 Å². The number of carbonyl (C=O) groups excluding carboxylic acids is 1. The van der Waals surface area contributed by atoms with Gasteiger partial charge in [-0.15, -0.1) is 0 Å². The fourth-order valence-electron chi connectivity index (χ4n) is 0.715. The van der Waals surface area contributed by atoms with Crippen LogP contribution in [0, 0.1) is 0 Å². The van der Waals surface area contributed by atoms with E-state index in [9.17, 15) is 4.79 Å². The molecule has 0 fully saturated rings. The second kappa shape index (κ2) is 3.55. The van der Waals surface area contributed by atoms with Crippen LogP contribution in [0.15, 0.2) is 30.3 Å². The van der Waals surface area contributed by atoms with Crippen molar-refractivity contribution in [3.8, 4) is 0 Å². The van der Waals surface area contributed by atoms with Gasteiger partial charge in [-0.2, -0.15) is 0 Å². The molecule has 0 spiro atoms. The summed E-state index contributed by atoms with van der Waals surface area (Å²) < 4.78 is 0. The topological polar surface area (TPSA) is 17.1 Å². The van der Waals surface area contributed by atoms with Crippen molar-refractivity contribution in [2.24, 2.45) is 0 Å². The van der Waals surface area contributed by atoms with Crippen molar-refractivity contribution >= 4 is 21.8 Å². The molecular weight excluding hydrogens is 191 g/mol. The third kappa shape index (κ3) is 1.69. The molecular formula is C8H8OSe. The van der Waals surface area contributed by atoms with Crippen molar-refractivity contribution in [3.05, 3.63) is 35.9 Å². The molecule has 0 radical (unpaired) electrons. The molecule has 0 bridgehead atoms. The monoisotopic (exact) mass is 200 g/mol. The summed E-state index contributed by atoms with van der Waals surface area (Å²) in [5, 5.41) is 0.525. The number of rotatable bonds is 2. The second-order valence-electron chi connectivity index (χ2n) is 1.95. The van der Waals surface area contributed by atoms with Crippen LogP contribution in [0.3, 0.4) is 0 Å². The molecule has 1 aromatic rings. The first kappa shape index (κ1) is 7.52. The van der Waals surface area contributed by atoms with Gasteiger partial charge in [0.05, 0.1) is 0 Å². The van der Waals surface area contributed by atoms with Crippen LogP contribution in [0.4, 0.5) is 0 Å². The van der Waals surface area contributed by atoms with Gasteiger partial charge in [0.15, 0.2) is 0 Å². The maximum atomic E-state index is 11.0. The Morgan fingerprint density at radius 2 is 1.90 bits per heavy atom. The zero-order valence-electron chi connectivity index (χ0n) is 5.45. The minimum absolute atomic E-state index is 0.181. The molecule has 0 aliphatic carbocycles. The van der Waals surface area contributed by atoms with Crippen molar-refractivity contribution in [3.63, 3.8) is 0 Å². The Labute approximate surface area is 68.3 Å². The number of Topliss-reactive ketones (excluding diaryl/α,β-unsaturated/α-hetero) is 1. The van der Waals surface area contributed by atoms with Crippen molar-refractivity contribution in [1.29, 1.82) is 0 Å². The average Bonchev–Trinajstić information content (AvgIpc) is 2.05. The summed E-state index contributed by atoms with van der Waals surface area (Å²) in [6.45, 7) is 0. The van der Waals surface area contributed by atoms with Gasteiger partial charge in [-0.3, -0.25) is 0 Å². The third-order valence-electron chi connectivity index (χ3n) is 1.24. The van der Waals surface area contributed by atoms with E-state index in [1.807, 2.05) is 30.3 Å². The average molecular weight is 199 g/mol. The van der Waals surface area contributed by atoms with E-state index in [0.717, 1.165) is 5.56 Å². The molecule has 0 unspecified atom stereocenters. The first-order chi connectivity index (χ1) is 4.84. The molecule has 0 heterocycles. The summed E-state index contributed by atoms with van der Waals surface area (Å²) in [5.74, 6) is 0.181. The van der Waals surface area contributed by atoms with Crippen LogP contribution in [0.1, 0.15) is 10.4 Å². The summed E-state index contributed by atoms with van der Waals surface area (Å²) in [6, 6.07) is 9.30. The Bertz CT molecular complexity index is 218. The van der Waals surface area contributed by atoms with Gasteiger partial charge in [0.25, 0.3) is 0 Å². The molecule has 52 valence electrons. The van der Waals surface area contributed by atoms with E-state index in [-0.39, 0.29) is 5.78 Å². The Morgan fingerprint density at radius 1 is 1.30 bits per heavy atom.